The smallest absolute Gasteiger partial charge is 0.322 e. The largest absolute Gasteiger partial charge is 0.430 e. The molecule has 2 aromatic heterocycles. The van der Waals surface area contributed by atoms with Gasteiger partial charge >= 0.3 is 6.01 Å². The molecular formula is C7H7IN4O. The molecule has 0 radical (unpaired) electrons. The van der Waals surface area contributed by atoms with Crippen LogP contribution in [0.4, 0.5) is 0 Å². The highest BCUT2D eigenvalue weighted by Gasteiger charge is 2.05. The average molecular weight is 290 g/mol. The van der Waals surface area contributed by atoms with Crippen molar-refractivity contribution in [2.75, 3.05) is 0 Å². The number of nitrogens with zero attached hydrogens (tertiary/aromatic N) is 3. The summed E-state index contributed by atoms with van der Waals surface area (Å²) in [6, 6.07) is 0.448. The van der Waals surface area contributed by atoms with E-state index in [9.17, 15) is 0 Å². The number of rotatable bonds is 2. The highest BCUT2D eigenvalue weighted by molar-refractivity contribution is 14.1. The van der Waals surface area contributed by atoms with Gasteiger partial charge in [-0.2, -0.15) is 14.8 Å². The summed E-state index contributed by atoms with van der Waals surface area (Å²) in [5, 5.41) is 4.05. The van der Waals surface area contributed by atoms with Gasteiger partial charge in [0.05, 0.1) is 15.5 Å². The molecule has 13 heavy (non-hydrogen) atoms. The first-order chi connectivity index (χ1) is 6.29. The van der Waals surface area contributed by atoms with E-state index in [1.54, 1.807) is 10.9 Å². The molecule has 2 heterocycles. The maximum absolute atomic E-state index is 5.39. The maximum Gasteiger partial charge on any atom is 0.322 e. The Bertz CT molecular complexity index is 408. The van der Waals surface area contributed by atoms with Crippen LogP contribution >= 0.6 is 22.6 Å². The van der Waals surface area contributed by atoms with E-state index in [0.29, 0.717) is 12.6 Å². The van der Waals surface area contributed by atoms with Crippen molar-refractivity contribution < 1.29 is 4.42 Å². The third-order valence-corrected chi connectivity index (χ3v) is 2.05. The van der Waals surface area contributed by atoms with Gasteiger partial charge in [0.1, 0.15) is 6.26 Å². The molecule has 2 N–H and O–H groups in total. The van der Waals surface area contributed by atoms with Gasteiger partial charge in [-0.25, -0.2) is 0 Å². The summed E-state index contributed by atoms with van der Waals surface area (Å²) < 4.78 is 7.76. The Hall–Kier alpha value is -0.890. The molecule has 5 nitrogen and oxygen atoms in total. The van der Waals surface area contributed by atoms with E-state index in [1.807, 2.05) is 6.20 Å². The van der Waals surface area contributed by atoms with Gasteiger partial charge in [0.2, 0.25) is 0 Å². The molecule has 0 saturated carbocycles. The molecule has 0 saturated heterocycles. The number of halogens is 1. The van der Waals surface area contributed by atoms with Gasteiger partial charge in [0.15, 0.2) is 0 Å². The topological polar surface area (TPSA) is 69.9 Å². The predicted octanol–water partition coefficient (Wildman–Crippen LogP) is 0.924. The Morgan fingerprint density at radius 1 is 1.62 bits per heavy atom. The van der Waals surface area contributed by atoms with Crippen molar-refractivity contribution in [2.45, 2.75) is 6.54 Å². The van der Waals surface area contributed by atoms with E-state index in [-0.39, 0.29) is 0 Å². The molecule has 0 amide bonds. The van der Waals surface area contributed by atoms with Gasteiger partial charge in [-0.05, 0) is 22.6 Å². The van der Waals surface area contributed by atoms with E-state index in [0.717, 1.165) is 9.26 Å². The van der Waals surface area contributed by atoms with Crippen LogP contribution < -0.4 is 5.73 Å². The standard InChI is InChI=1S/C7H7IN4O/c8-5-2-10-12(3-5)7-11-6(1-9)4-13-7/h2-4H,1,9H2. The summed E-state index contributed by atoms with van der Waals surface area (Å²) >= 11 is 2.17. The molecular weight excluding hydrogens is 283 g/mol. The molecule has 0 spiro atoms. The fourth-order valence-electron chi connectivity index (χ4n) is 0.901. The van der Waals surface area contributed by atoms with E-state index in [1.165, 1.54) is 6.26 Å². The second-order valence-corrected chi connectivity index (χ2v) is 3.67. The first kappa shape index (κ1) is 8.70. The minimum atomic E-state index is 0.377. The minimum Gasteiger partial charge on any atom is -0.430 e. The van der Waals surface area contributed by atoms with Crippen molar-refractivity contribution in [1.82, 2.24) is 14.8 Å². The molecule has 0 bridgehead atoms. The maximum atomic E-state index is 5.39. The lowest BCUT2D eigenvalue weighted by atomic mass is 10.5. The SMILES string of the molecule is NCc1coc(-n2cc(I)cn2)n1. The van der Waals surface area contributed by atoms with Crippen molar-refractivity contribution in [2.24, 2.45) is 5.73 Å². The summed E-state index contributed by atoms with van der Waals surface area (Å²) in [7, 11) is 0. The Kier molecular flexibility index (Phi) is 2.32. The van der Waals surface area contributed by atoms with Crippen LogP contribution in [0, 0.1) is 3.57 Å². The molecule has 6 heteroatoms. The normalized spacial score (nSPS) is 10.6. The summed E-state index contributed by atoms with van der Waals surface area (Å²) in [5.41, 5.74) is 6.12. The van der Waals surface area contributed by atoms with Crippen LogP contribution in [0.1, 0.15) is 5.69 Å². The number of oxazole rings is 1. The van der Waals surface area contributed by atoms with Crippen LogP contribution in [0.3, 0.4) is 0 Å². The highest BCUT2D eigenvalue weighted by atomic mass is 127. The minimum absolute atomic E-state index is 0.377. The molecule has 2 aromatic rings. The highest BCUT2D eigenvalue weighted by Crippen LogP contribution is 2.09. The summed E-state index contributed by atoms with van der Waals surface area (Å²) in [4.78, 5) is 4.12. The lowest BCUT2D eigenvalue weighted by Crippen LogP contribution is -1.98. The third-order valence-electron chi connectivity index (χ3n) is 1.50. The summed E-state index contributed by atoms with van der Waals surface area (Å²) in [5.74, 6) is 0. The third kappa shape index (κ3) is 1.73. The second-order valence-electron chi connectivity index (χ2n) is 2.43. The molecule has 0 atom stereocenters. The van der Waals surface area contributed by atoms with E-state index < -0.39 is 0 Å². The molecule has 68 valence electrons. The number of nitrogens with two attached hydrogens (primary N) is 1. The van der Waals surface area contributed by atoms with Crippen molar-refractivity contribution in [3.8, 4) is 6.01 Å². The van der Waals surface area contributed by atoms with Crippen LogP contribution in [0.25, 0.3) is 6.01 Å². The molecule has 2 rings (SSSR count). The van der Waals surface area contributed by atoms with Crippen molar-refractivity contribution in [3.63, 3.8) is 0 Å². The van der Waals surface area contributed by atoms with Crippen molar-refractivity contribution in [1.29, 1.82) is 0 Å². The zero-order chi connectivity index (χ0) is 9.26. The zero-order valence-corrected chi connectivity index (χ0v) is 8.80. The Labute approximate surface area is 88.1 Å². The molecule has 0 fully saturated rings. The number of hydrogen-bond acceptors (Lipinski definition) is 4. The molecule has 0 unspecified atom stereocenters. The Balaban J connectivity index is 2.35. The Morgan fingerprint density at radius 3 is 3.00 bits per heavy atom. The fraction of sp³-hybridized carbons (Fsp3) is 0.143. The number of hydrogen-bond donors (Lipinski definition) is 1. The van der Waals surface area contributed by atoms with Crippen LogP contribution in [-0.2, 0) is 6.54 Å². The average Bonchev–Trinajstić information content (AvgIpc) is 2.71. The van der Waals surface area contributed by atoms with Gasteiger partial charge in [0, 0.05) is 12.7 Å². The predicted molar refractivity (Wildman–Crippen MR) is 54.2 cm³/mol. The second kappa shape index (κ2) is 3.46. The van der Waals surface area contributed by atoms with Gasteiger partial charge in [0.25, 0.3) is 0 Å². The zero-order valence-electron chi connectivity index (χ0n) is 6.64. The molecule has 0 aliphatic heterocycles. The summed E-state index contributed by atoms with van der Waals surface area (Å²) in [6.45, 7) is 0.377. The van der Waals surface area contributed by atoms with Crippen LogP contribution in [0.15, 0.2) is 23.1 Å². The lowest BCUT2D eigenvalue weighted by molar-refractivity contribution is 0.509. The molecule has 0 aliphatic rings. The van der Waals surface area contributed by atoms with Crippen LogP contribution in [0.2, 0.25) is 0 Å². The Morgan fingerprint density at radius 2 is 2.46 bits per heavy atom. The first-order valence-electron chi connectivity index (χ1n) is 3.64. The van der Waals surface area contributed by atoms with Gasteiger partial charge < -0.3 is 10.2 Å². The first-order valence-corrected chi connectivity index (χ1v) is 4.72. The fourth-order valence-corrected chi connectivity index (χ4v) is 1.29. The summed E-state index contributed by atoms with van der Waals surface area (Å²) in [6.07, 6.45) is 5.09. The van der Waals surface area contributed by atoms with Gasteiger partial charge in [-0.15, -0.1) is 0 Å². The monoisotopic (exact) mass is 290 g/mol. The van der Waals surface area contributed by atoms with Crippen LogP contribution in [0.5, 0.6) is 0 Å². The molecule has 0 aliphatic carbocycles. The quantitative estimate of drug-likeness (QED) is 0.835. The van der Waals surface area contributed by atoms with E-state index in [2.05, 4.69) is 32.7 Å². The van der Waals surface area contributed by atoms with E-state index >= 15 is 0 Å². The molecule has 0 aromatic carbocycles. The van der Waals surface area contributed by atoms with E-state index in [4.69, 9.17) is 10.2 Å². The van der Waals surface area contributed by atoms with Crippen molar-refractivity contribution in [3.05, 3.63) is 27.9 Å². The van der Waals surface area contributed by atoms with Crippen molar-refractivity contribution >= 4 is 22.6 Å². The van der Waals surface area contributed by atoms with Gasteiger partial charge in [-0.1, -0.05) is 0 Å². The number of aromatic nitrogens is 3. The van der Waals surface area contributed by atoms with Gasteiger partial charge in [-0.3, -0.25) is 0 Å². The van der Waals surface area contributed by atoms with Crippen LogP contribution in [-0.4, -0.2) is 14.8 Å². The lowest BCUT2D eigenvalue weighted by Gasteiger charge is -1.89.